The summed E-state index contributed by atoms with van der Waals surface area (Å²) in [6.45, 7) is 3.00. The number of ether oxygens (including phenoxy) is 2. The number of carbonyl (C=O) groups excluding carboxylic acids is 2. The SMILES string of the molecule is CC(C)(C(=O)OCCl)C(=O)OCc1ccccc1. The Balaban J connectivity index is 2.57. The number of hydrogen-bond acceptors (Lipinski definition) is 4. The summed E-state index contributed by atoms with van der Waals surface area (Å²) in [6, 6.07) is 8.93. The van der Waals surface area contributed by atoms with Crippen molar-refractivity contribution in [1.29, 1.82) is 0 Å². The van der Waals surface area contributed by atoms with E-state index in [0.29, 0.717) is 0 Å². The van der Waals surface area contributed by atoms with Gasteiger partial charge in [0.25, 0.3) is 0 Å². The highest BCUT2D eigenvalue weighted by atomic mass is 35.5. The molecule has 0 heterocycles. The molecule has 0 saturated carbocycles. The number of esters is 2. The molecule has 1 aromatic rings. The van der Waals surface area contributed by atoms with Gasteiger partial charge in [-0.3, -0.25) is 9.59 Å². The van der Waals surface area contributed by atoms with E-state index >= 15 is 0 Å². The standard InChI is InChI=1S/C13H15ClO4/c1-13(2,12(16)18-9-14)11(15)17-8-10-6-4-3-5-7-10/h3-7H,8-9H2,1-2H3. The summed E-state index contributed by atoms with van der Waals surface area (Å²) in [5.41, 5.74) is -0.503. The van der Waals surface area contributed by atoms with Gasteiger partial charge < -0.3 is 9.47 Å². The zero-order chi connectivity index (χ0) is 13.6. The van der Waals surface area contributed by atoms with Crippen LogP contribution in [-0.4, -0.2) is 18.0 Å². The van der Waals surface area contributed by atoms with Crippen LogP contribution in [0.2, 0.25) is 0 Å². The van der Waals surface area contributed by atoms with Crippen LogP contribution in [0.5, 0.6) is 0 Å². The van der Waals surface area contributed by atoms with Crippen molar-refractivity contribution >= 4 is 23.5 Å². The minimum atomic E-state index is -1.36. The fourth-order valence-corrected chi connectivity index (χ4v) is 1.32. The molecule has 98 valence electrons. The Kier molecular flexibility index (Phi) is 5.16. The van der Waals surface area contributed by atoms with Gasteiger partial charge in [-0.15, -0.1) is 0 Å². The largest absolute Gasteiger partial charge is 0.460 e. The molecule has 0 fully saturated rings. The van der Waals surface area contributed by atoms with Gasteiger partial charge in [0.1, 0.15) is 6.61 Å². The minimum Gasteiger partial charge on any atom is -0.460 e. The predicted octanol–water partition coefficient (Wildman–Crippen LogP) is 2.50. The average Bonchev–Trinajstić information content (AvgIpc) is 2.37. The van der Waals surface area contributed by atoms with E-state index in [1.165, 1.54) is 13.8 Å². The topological polar surface area (TPSA) is 52.6 Å². The first-order valence-corrected chi connectivity index (χ1v) is 5.96. The summed E-state index contributed by atoms with van der Waals surface area (Å²) in [7, 11) is 0. The molecule has 0 amide bonds. The summed E-state index contributed by atoms with van der Waals surface area (Å²) in [6.07, 6.45) is 0. The fraction of sp³-hybridized carbons (Fsp3) is 0.385. The number of alkyl halides is 1. The van der Waals surface area contributed by atoms with Gasteiger partial charge in [-0.25, -0.2) is 0 Å². The average molecular weight is 271 g/mol. The van der Waals surface area contributed by atoms with Crippen molar-refractivity contribution in [2.75, 3.05) is 6.07 Å². The van der Waals surface area contributed by atoms with Crippen molar-refractivity contribution in [1.82, 2.24) is 0 Å². The Hall–Kier alpha value is -1.55. The lowest BCUT2D eigenvalue weighted by Crippen LogP contribution is -2.36. The molecule has 0 saturated heterocycles. The van der Waals surface area contributed by atoms with Crippen LogP contribution in [0.3, 0.4) is 0 Å². The molecule has 1 aromatic carbocycles. The maximum absolute atomic E-state index is 11.8. The van der Waals surface area contributed by atoms with E-state index in [1.807, 2.05) is 30.3 Å². The molecular weight excluding hydrogens is 256 g/mol. The first-order chi connectivity index (χ1) is 8.48. The number of rotatable bonds is 5. The van der Waals surface area contributed by atoms with E-state index < -0.39 is 17.4 Å². The second-order valence-corrected chi connectivity index (χ2v) is 4.45. The molecule has 1 rings (SSSR count). The summed E-state index contributed by atoms with van der Waals surface area (Å²) in [4.78, 5) is 23.3. The molecule has 0 aliphatic rings. The Labute approximate surface area is 111 Å². The Morgan fingerprint density at radius 1 is 1.11 bits per heavy atom. The van der Waals surface area contributed by atoms with Crippen molar-refractivity contribution in [2.24, 2.45) is 5.41 Å². The second kappa shape index (κ2) is 6.40. The molecule has 0 aliphatic carbocycles. The summed E-state index contributed by atoms with van der Waals surface area (Å²) >= 11 is 5.28. The van der Waals surface area contributed by atoms with Crippen LogP contribution >= 0.6 is 11.6 Å². The van der Waals surface area contributed by atoms with Crippen LogP contribution in [0.4, 0.5) is 0 Å². The summed E-state index contributed by atoms with van der Waals surface area (Å²) in [5.74, 6) is -1.34. The number of carbonyl (C=O) groups is 2. The normalized spacial score (nSPS) is 10.8. The molecule has 0 atom stereocenters. The third kappa shape index (κ3) is 3.74. The number of benzene rings is 1. The molecule has 0 N–H and O–H groups in total. The molecule has 0 radical (unpaired) electrons. The number of halogens is 1. The lowest BCUT2D eigenvalue weighted by molar-refractivity contribution is -0.169. The lowest BCUT2D eigenvalue weighted by Gasteiger charge is -2.19. The molecular formula is C13H15ClO4. The Morgan fingerprint density at radius 2 is 1.67 bits per heavy atom. The zero-order valence-electron chi connectivity index (χ0n) is 10.3. The van der Waals surface area contributed by atoms with Gasteiger partial charge in [0.15, 0.2) is 11.5 Å². The third-order valence-electron chi connectivity index (χ3n) is 2.42. The van der Waals surface area contributed by atoms with Crippen LogP contribution < -0.4 is 0 Å². The lowest BCUT2D eigenvalue weighted by atomic mass is 9.94. The van der Waals surface area contributed by atoms with Crippen LogP contribution in [-0.2, 0) is 25.7 Å². The van der Waals surface area contributed by atoms with Crippen LogP contribution in [0.1, 0.15) is 19.4 Å². The minimum absolute atomic E-state index is 0.122. The van der Waals surface area contributed by atoms with E-state index in [9.17, 15) is 9.59 Å². The van der Waals surface area contributed by atoms with E-state index in [0.717, 1.165) is 5.56 Å². The molecule has 0 spiro atoms. The van der Waals surface area contributed by atoms with Crippen molar-refractivity contribution < 1.29 is 19.1 Å². The van der Waals surface area contributed by atoms with Gasteiger partial charge in [-0.1, -0.05) is 41.9 Å². The van der Waals surface area contributed by atoms with Gasteiger partial charge in [0.2, 0.25) is 0 Å². The Morgan fingerprint density at radius 3 is 2.22 bits per heavy atom. The third-order valence-corrected chi connectivity index (χ3v) is 2.53. The molecule has 0 aliphatic heterocycles. The maximum atomic E-state index is 11.8. The Bertz CT molecular complexity index is 414. The van der Waals surface area contributed by atoms with Crippen molar-refractivity contribution in [3.8, 4) is 0 Å². The molecule has 0 bridgehead atoms. The summed E-state index contributed by atoms with van der Waals surface area (Å²) < 4.78 is 9.68. The van der Waals surface area contributed by atoms with Gasteiger partial charge in [0.05, 0.1) is 0 Å². The van der Waals surface area contributed by atoms with Crippen LogP contribution in [0.25, 0.3) is 0 Å². The van der Waals surface area contributed by atoms with E-state index in [-0.39, 0.29) is 12.7 Å². The highest BCUT2D eigenvalue weighted by Crippen LogP contribution is 2.20. The first kappa shape index (κ1) is 14.5. The van der Waals surface area contributed by atoms with E-state index in [4.69, 9.17) is 16.3 Å². The fourth-order valence-electron chi connectivity index (χ4n) is 1.22. The highest BCUT2D eigenvalue weighted by molar-refractivity contribution is 6.17. The van der Waals surface area contributed by atoms with Gasteiger partial charge >= 0.3 is 11.9 Å². The smallest absolute Gasteiger partial charge is 0.324 e. The van der Waals surface area contributed by atoms with E-state index in [1.54, 1.807) is 0 Å². The van der Waals surface area contributed by atoms with Crippen molar-refractivity contribution in [3.63, 3.8) is 0 Å². The van der Waals surface area contributed by atoms with Crippen LogP contribution in [0, 0.1) is 5.41 Å². The monoisotopic (exact) mass is 270 g/mol. The van der Waals surface area contributed by atoms with Gasteiger partial charge in [-0.2, -0.15) is 0 Å². The van der Waals surface area contributed by atoms with Crippen molar-refractivity contribution in [2.45, 2.75) is 20.5 Å². The first-order valence-electron chi connectivity index (χ1n) is 5.43. The maximum Gasteiger partial charge on any atom is 0.324 e. The van der Waals surface area contributed by atoms with Crippen molar-refractivity contribution in [3.05, 3.63) is 35.9 Å². The molecule has 0 aromatic heterocycles. The van der Waals surface area contributed by atoms with E-state index in [2.05, 4.69) is 4.74 Å². The molecule has 5 heteroatoms. The number of hydrogen-bond donors (Lipinski definition) is 0. The highest BCUT2D eigenvalue weighted by Gasteiger charge is 2.39. The van der Waals surface area contributed by atoms with Gasteiger partial charge in [-0.05, 0) is 19.4 Å². The zero-order valence-corrected chi connectivity index (χ0v) is 11.1. The molecule has 4 nitrogen and oxygen atoms in total. The summed E-state index contributed by atoms with van der Waals surface area (Å²) in [5, 5.41) is 0. The second-order valence-electron chi connectivity index (χ2n) is 4.23. The quantitative estimate of drug-likeness (QED) is 0.469. The molecule has 0 unspecified atom stereocenters. The molecule has 18 heavy (non-hydrogen) atoms. The van der Waals surface area contributed by atoms with Crippen LogP contribution in [0.15, 0.2) is 30.3 Å². The predicted molar refractivity (Wildman–Crippen MR) is 66.8 cm³/mol. The van der Waals surface area contributed by atoms with Gasteiger partial charge in [0, 0.05) is 0 Å².